The number of hydrogen-bond acceptors (Lipinski definition) is 4. The van der Waals surface area contributed by atoms with Crippen LogP contribution < -0.4 is 5.32 Å². The van der Waals surface area contributed by atoms with Crippen LogP contribution in [0.1, 0.15) is 264 Å². The molecule has 5 nitrogen and oxygen atoms in total. The van der Waals surface area contributed by atoms with E-state index in [1.807, 2.05) is 6.08 Å². The highest BCUT2D eigenvalue weighted by atomic mass is 16.3. The van der Waals surface area contributed by atoms with Crippen LogP contribution in [0.4, 0.5) is 0 Å². The van der Waals surface area contributed by atoms with Crippen molar-refractivity contribution in [1.29, 1.82) is 0 Å². The van der Waals surface area contributed by atoms with Gasteiger partial charge in [0.25, 0.3) is 0 Å². The number of aliphatic hydroxyl groups excluding tert-OH is 3. The number of amides is 1. The Morgan fingerprint density at radius 1 is 0.421 bits per heavy atom. The van der Waals surface area contributed by atoms with E-state index in [4.69, 9.17) is 0 Å². The Balaban J connectivity index is 3.66. The molecule has 0 aliphatic carbocycles. The van der Waals surface area contributed by atoms with Crippen LogP contribution in [0.25, 0.3) is 0 Å². The molecule has 5 heteroatoms. The molecule has 0 aromatic heterocycles. The van der Waals surface area contributed by atoms with Gasteiger partial charge in [-0.3, -0.25) is 4.79 Å². The molecule has 0 fully saturated rings. The second kappa shape index (κ2) is 47.3. The Labute approximate surface area is 355 Å². The van der Waals surface area contributed by atoms with Gasteiger partial charge >= 0.3 is 0 Å². The molecule has 0 saturated heterocycles. The topological polar surface area (TPSA) is 89.8 Å². The average molecular weight is 802 g/mol. The maximum atomic E-state index is 12.5. The lowest BCUT2D eigenvalue weighted by Crippen LogP contribution is -2.48. The maximum Gasteiger partial charge on any atom is 0.249 e. The van der Waals surface area contributed by atoms with Gasteiger partial charge in [0.1, 0.15) is 6.10 Å². The summed E-state index contributed by atoms with van der Waals surface area (Å²) < 4.78 is 0. The Morgan fingerprint density at radius 3 is 1.07 bits per heavy atom. The van der Waals surface area contributed by atoms with Crippen LogP contribution in [0.2, 0.25) is 0 Å². The molecule has 0 rings (SSSR count). The number of unbranched alkanes of at least 4 members (excludes halogenated alkanes) is 34. The molecule has 1 amide bonds. The Kier molecular flexibility index (Phi) is 46.1. The second-order valence-electron chi connectivity index (χ2n) is 17.4. The van der Waals surface area contributed by atoms with Gasteiger partial charge in [-0.25, -0.2) is 0 Å². The second-order valence-corrected chi connectivity index (χ2v) is 17.4. The summed E-state index contributed by atoms with van der Waals surface area (Å²) >= 11 is 0. The van der Waals surface area contributed by atoms with E-state index in [1.54, 1.807) is 6.08 Å². The Hall–Kier alpha value is -1.43. The molecule has 0 aromatic carbocycles. The zero-order valence-corrected chi connectivity index (χ0v) is 38.2. The Morgan fingerprint density at radius 2 is 0.719 bits per heavy atom. The van der Waals surface area contributed by atoms with Crippen molar-refractivity contribution in [2.45, 2.75) is 283 Å². The first-order valence-corrected chi connectivity index (χ1v) is 25.3. The molecule has 0 spiro atoms. The average Bonchev–Trinajstić information content (AvgIpc) is 3.22. The van der Waals surface area contributed by atoms with Crippen LogP contribution in [0, 0.1) is 0 Å². The predicted molar refractivity (Wildman–Crippen MR) is 250 cm³/mol. The van der Waals surface area contributed by atoms with Gasteiger partial charge in [-0.2, -0.15) is 0 Å². The summed E-state index contributed by atoms with van der Waals surface area (Å²) in [6, 6.07) is -0.819. The number of allylic oxidation sites excluding steroid dienone is 5. The third-order valence-corrected chi connectivity index (χ3v) is 11.7. The van der Waals surface area contributed by atoms with E-state index >= 15 is 0 Å². The van der Waals surface area contributed by atoms with E-state index in [2.05, 4.69) is 43.5 Å². The third-order valence-electron chi connectivity index (χ3n) is 11.7. The molecular weight excluding hydrogens is 703 g/mol. The van der Waals surface area contributed by atoms with Gasteiger partial charge in [-0.15, -0.1) is 0 Å². The fourth-order valence-corrected chi connectivity index (χ4v) is 7.75. The lowest BCUT2D eigenvalue weighted by molar-refractivity contribution is -0.131. The predicted octanol–water partition coefficient (Wildman–Crippen LogP) is 15.1. The number of hydrogen-bond donors (Lipinski definition) is 4. The van der Waals surface area contributed by atoms with Crippen LogP contribution in [0.15, 0.2) is 36.5 Å². The molecule has 3 unspecified atom stereocenters. The molecule has 4 N–H and O–H groups in total. The zero-order chi connectivity index (χ0) is 41.5. The quantitative estimate of drug-likeness (QED) is 0.0365. The van der Waals surface area contributed by atoms with Gasteiger partial charge in [0.15, 0.2) is 0 Å². The van der Waals surface area contributed by atoms with Gasteiger partial charge in [0, 0.05) is 0 Å². The standard InChI is InChI=1S/C52H99NO4/c1-3-5-7-9-11-13-15-17-19-21-23-25-27-29-31-33-35-37-39-41-43-45-47-51(56)52(57)53-49(48-54)50(55)46-44-42-40-38-36-34-32-30-28-26-24-22-20-18-16-14-12-10-8-6-4-2/h28,30,36,38,44,46,49-51,54-56H,3-27,29,31-35,37,39-43,45,47-48H2,1-2H3,(H,53,57)/b30-28+,38-36+,46-44+. The van der Waals surface area contributed by atoms with E-state index in [-0.39, 0.29) is 6.61 Å². The molecule has 0 saturated carbocycles. The van der Waals surface area contributed by atoms with Crippen molar-refractivity contribution in [3.63, 3.8) is 0 Å². The minimum Gasteiger partial charge on any atom is -0.394 e. The van der Waals surface area contributed by atoms with Crippen LogP contribution in [0.5, 0.6) is 0 Å². The lowest BCUT2D eigenvalue weighted by Gasteiger charge is -2.21. The van der Waals surface area contributed by atoms with Crippen molar-refractivity contribution in [2.24, 2.45) is 0 Å². The molecule has 0 radical (unpaired) electrons. The molecule has 0 bridgehead atoms. The van der Waals surface area contributed by atoms with Crippen molar-refractivity contribution in [2.75, 3.05) is 6.61 Å². The third kappa shape index (κ3) is 42.5. The molecular formula is C52H99NO4. The van der Waals surface area contributed by atoms with Crippen molar-refractivity contribution >= 4 is 5.91 Å². The van der Waals surface area contributed by atoms with Gasteiger partial charge in [0.05, 0.1) is 18.8 Å². The van der Waals surface area contributed by atoms with Crippen molar-refractivity contribution in [3.8, 4) is 0 Å². The fourth-order valence-electron chi connectivity index (χ4n) is 7.75. The molecule has 336 valence electrons. The number of aliphatic hydroxyl groups is 3. The maximum absolute atomic E-state index is 12.5. The largest absolute Gasteiger partial charge is 0.394 e. The normalized spacial score (nSPS) is 13.7. The van der Waals surface area contributed by atoms with Crippen molar-refractivity contribution in [1.82, 2.24) is 5.32 Å². The van der Waals surface area contributed by atoms with Crippen LogP contribution in [0.3, 0.4) is 0 Å². The molecule has 0 aromatic rings. The number of rotatable bonds is 46. The van der Waals surface area contributed by atoms with E-state index in [1.165, 1.54) is 199 Å². The number of carbonyl (C=O) groups excluding carboxylic acids is 1. The summed E-state index contributed by atoms with van der Waals surface area (Å²) in [5.74, 6) is -0.513. The van der Waals surface area contributed by atoms with E-state index in [0.717, 1.165) is 44.9 Å². The summed E-state index contributed by atoms with van der Waals surface area (Å²) in [4.78, 5) is 12.5. The van der Waals surface area contributed by atoms with Crippen molar-refractivity contribution < 1.29 is 20.1 Å². The summed E-state index contributed by atoms with van der Waals surface area (Å²) in [5, 5.41) is 33.2. The van der Waals surface area contributed by atoms with Crippen LogP contribution in [-0.4, -0.2) is 46.1 Å². The van der Waals surface area contributed by atoms with Gasteiger partial charge in [-0.1, -0.05) is 256 Å². The highest BCUT2D eigenvalue weighted by Gasteiger charge is 2.22. The Bertz CT molecular complexity index is 885. The number of carbonyl (C=O) groups is 1. The molecule has 0 aliphatic heterocycles. The minimum atomic E-state index is -1.11. The van der Waals surface area contributed by atoms with E-state index < -0.39 is 24.2 Å². The molecule has 0 heterocycles. The van der Waals surface area contributed by atoms with Crippen LogP contribution in [-0.2, 0) is 4.79 Å². The van der Waals surface area contributed by atoms with Crippen LogP contribution >= 0.6 is 0 Å². The number of nitrogens with one attached hydrogen (secondary N) is 1. The first kappa shape index (κ1) is 55.6. The first-order valence-electron chi connectivity index (χ1n) is 25.3. The molecule has 3 atom stereocenters. The van der Waals surface area contributed by atoms with Gasteiger partial charge in [0.2, 0.25) is 5.91 Å². The molecule has 0 aliphatic rings. The smallest absolute Gasteiger partial charge is 0.249 e. The fraction of sp³-hybridized carbons (Fsp3) is 0.865. The highest BCUT2D eigenvalue weighted by Crippen LogP contribution is 2.16. The minimum absolute atomic E-state index is 0.379. The monoisotopic (exact) mass is 802 g/mol. The first-order chi connectivity index (χ1) is 28.1. The highest BCUT2D eigenvalue weighted by molar-refractivity contribution is 5.80. The van der Waals surface area contributed by atoms with Crippen molar-refractivity contribution in [3.05, 3.63) is 36.5 Å². The van der Waals surface area contributed by atoms with E-state index in [0.29, 0.717) is 6.42 Å². The van der Waals surface area contributed by atoms with E-state index in [9.17, 15) is 20.1 Å². The van der Waals surface area contributed by atoms with Gasteiger partial charge in [-0.05, 0) is 44.9 Å². The van der Waals surface area contributed by atoms with Gasteiger partial charge < -0.3 is 20.6 Å². The molecule has 57 heavy (non-hydrogen) atoms. The summed E-state index contributed by atoms with van der Waals surface area (Å²) in [6.07, 6.45) is 60.6. The summed E-state index contributed by atoms with van der Waals surface area (Å²) in [7, 11) is 0. The summed E-state index contributed by atoms with van der Waals surface area (Å²) in [6.45, 7) is 4.19. The zero-order valence-electron chi connectivity index (χ0n) is 38.2. The SMILES string of the molecule is CCCCCCCCCCCCC/C=C/CC/C=C/CC/C=C/C(O)C(CO)NC(=O)C(O)CCCCCCCCCCCCCCCCCCCCCCCC. The summed E-state index contributed by atoms with van der Waals surface area (Å²) in [5.41, 5.74) is 0. The lowest BCUT2D eigenvalue weighted by atomic mass is 10.0.